The summed E-state index contributed by atoms with van der Waals surface area (Å²) in [4.78, 5) is 24.5. The Kier molecular flexibility index (Phi) is 14.5. The average Bonchev–Trinajstić information content (AvgIpc) is 3.17. The van der Waals surface area contributed by atoms with Crippen molar-refractivity contribution in [3.8, 4) is 33.8 Å². The second-order valence-electron chi connectivity index (χ2n) is 12.2. The second kappa shape index (κ2) is 20.2. The van der Waals surface area contributed by atoms with Crippen LogP contribution in [0.2, 0.25) is 0 Å². The molecule has 0 aromatic heterocycles. The van der Waals surface area contributed by atoms with Gasteiger partial charge in [0.2, 0.25) is 0 Å². The number of unbranched alkanes of at least 4 members (excludes halogenated alkanes) is 4. The molecule has 0 bridgehead atoms. The van der Waals surface area contributed by atoms with Crippen molar-refractivity contribution in [2.45, 2.75) is 64.6 Å². The van der Waals surface area contributed by atoms with E-state index in [1.54, 1.807) is 0 Å². The molecule has 0 fully saturated rings. The summed E-state index contributed by atoms with van der Waals surface area (Å²) in [5.74, 6) is 1.04. The van der Waals surface area contributed by atoms with Crippen LogP contribution in [-0.4, -0.2) is 25.2 Å². The fourth-order valence-electron chi connectivity index (χ4n) is 5.65. The number of esters is 2. The van der Waals surface area contributed by atoms with E-state index in [1.807, 2.05) is 97.1 Å². The summed E-state index contributed by atoms with van der Waals surface area (Å²) in [7, 11) is 0. The van der Waals surface area contributed by atoms with Crippen molar-refractivity contribution in [2.75, 3.05) is 13.2 Å². The summed E-state index contributed by atoms with van der Waals surface area (Å²) >= 11 is 0. The maximum absolute atomic E-state index is 12.3. The van der Waals surface area contributed by atoms with Gasteiger partial charge in [0, 0.05) is 18.4 Å². The molecule has 0 saturated heterocycles. The van der Waals surface area contributed by atoms with E-state index in [-0.39, 0.29) is 11.9 Å². The van der Waals surface area contributed by atoms with Crippen molar-refractivity contribution >= 4 is 11.9 Å². The van der Waals surface area contributed by atoms with Crippen molar-refractivity contribution in [3.63, 3.8) is 0 Å². The van der Waals surface area contributed by atoms with Crippen LogP contribution in [-0.2, 0) is 32.3 Å². The number of hydrogen-bond donors (Lipinski definition) is 0. The van der Waals surface area contributed by atoms with Gasteiger partial charge in [0.05, 0.1) is 13.2 Å². The van der Waals surface area contributed by atoms with Gasteiger partial charge in [-0.1, -0.05) is 127 Å². The first kappa shape index (κ1) is 35.9. The van der Waals surface area contributed by atoms with Crippen LogP contribution >= 0.6 is 0 Å². The predicted octanol–water partition coefficient (Wildman–Crippen LogP) is 10.4. The standard InChI is InChI=1S/C44H46O6/c45-42(49-33-35-19-6-1-7-20-35)29-12-4-16-31-47-41-28-18-27-40(39-26-15-14-25-38(39)37-23-10-3-11-24-37)44(41)48-32-17-5-13-30-43(46)50-34-36-21-8-2-9-22-36/h1-3,6-11,14-15,18-28H,4-5,12-13,16-17,29-34H2. The normalized spacial score (nSPS) is 10.7. The van der Waals surface area contributed by atoms with E-state index < -0.39 is 0 Å². The molecular weight excluding hydrogens is 624 g/mol. The van der Waals surface area contributed by atoms with Gasteiger partial charge in [0.1, 0.15) is 13.2 Å². The molecule has 0 radical (unpaired) electrons. The van der Waals surface area contributed by atoms with Crippen LogP contribution in [0.25, 0.3) is 22.3 Å². The van der Waals surface area contributed by atoms with Crippen LogP contribution in [0.3, 0.4) is 0 Å². The second-order valence-corrected chi connectivity index (χ2v) is 12.2. The van der Waals surface area contributed by atoms with E-state index in [0.29, 0.717) is 50.8 Å². The molecule has 0 aliphatic carbocycles. The molecule has 0 saturated carbocycles. The van der Waals surface area contributed by atoms with Crippen molar-refractivity contribution < 1.29 is 28.5 Å². The zero-order valence-corrected chi connectivity index (χ0v) is 28.6. The average molecular weight is 671 g/mol. The molecule has 0 spiro atoms. The third-order valence-corrected chi connectivity index (χ3v) is 8.32. The minimum atomic E-state index is -0.183. The van der Waals surface area contributed by atoms with Crippen LogP contribution in [0, 0.1) is 0 Å². The number of carbonyl (C=O) groups excluding carboxylic acids is 2. The molecule has 5 rings (SSSR count). The van der Waals surface area contributed by atoms with Gasteiger partial charge >= 0.3 is 11.9 Å². The molecule has 5 aromatic rings. The maximum Gasteiger partial charge on any atom is 0.306 e. The summed E-state index contributed by atoms with van der Waals surface area (Å²) in [6, 6.07) is 44.1. The van der Waals surface area contributed by atoms with E-state index in [0.717, 1.165) is 71.9 Å². The van der Waals surface area contributed by atoms with Gasteiger partial charge in [-0.2, -0.15) is 0 Å². The van der Waals surface area contributed by atoms with E-state index in [1.165, 1.54) is 0 Å². The number of para-hydroxylation sites is 1. The van der Waals surface area contributed by atoms with Gasteiger partial charge in [-0.15, -0.1) is 0 Å². The van der Waals surface area contributed by atoms with Crippen molar-refractivity contribution in [3.05, 3.63) is 145 Å². The fourth-order valence-corrected chi connectivity index (χ4v) is 5.65. The van der Waals surface area contributed by atoms with Gasteiger partial charge in [-0.3, -0.25) is 9.59 Å². The SMILES string of the molecule is O=C(CCCCCOc1cccc(-c2ccccc2-c2ccccc2)c1OCCCCCC(=O)OCc1ccccc1)OCc1ccccc1. The highest BCUT2D eigenvalue weighted by Gasteiger charge is 2.17. The molecule has 6 nitrogen and oxygen atoms in total. The smallest absolute Gasteiger partial charge is 0.306 e. The number of rotatable bonds is 20. The van der Waals surface area contributed by atoms with E-state index in [2.05, 4.69) is 36.4 Å². The number of hydrogen-bond acceptors (Lipinski definition) is 6. The molecule has 0 amide bonds. The number of ether oxygens (including phenoxy) is 4. The highest BCUT2D eigenvalue weighted by molar-refractivity contribution is 5.87. The Morgan fingerprint density at radius 3 is 1.48 bits per heavy atom. The molecule has 258 valence electrons. The molecule has 0 N–H and O–H groups in total. The summed E-state index contributed by atoms with van der Waals surface area (Å²) < 4.78 is 23.7. The van der Waals surface area contributed by atoms with Gasteiger partial charge in [0.15, 0.2) is 11.5 Å². The number of benzene rings is 5. The molecular formula is C44H46O6. The topological polar surface area (TPSA) is 71.1 Å². The Morgan fingerprint density at radius 1 is 0.420 bits per heavy atom. The maximum atomic E-state index is 12.3. The lowest BCUT2D eigenvalue weighted by Gasteiger charge is -2.19. The Bertz CT molecular complexity index is 1740. The van der Waals surface area contributed by atoms with E-state index >= 15 is 0 Å². The lowest BCUT2D eigenvalue weighted by atomic mass is 9.94. The van der Waals surface area contributed by atoms with Gasteiger partial charge in [0.25, 0.3) is 0 Å². The Balaban J connectivity index is 1.15. The summed E-state index contributed by atoms with van der Waals surface area (Å²) in [5, 5.41) is 0. The molecule has 6 heteroatoms. The Morgan fingerprint density at radius 2 is 0.900 bits per heavy atom. The summed E-state index contributed by atoms with van der Waals surface area (Å²) in [6.45, 7) is 1.60. The van der Waals surface area contributed by atoms with Crippen LogP contribution in [0.1, 0.15) is 62.5 Å². The van der Waals surface area contributed by atoms with Crippen LogP contribution in [0.5, 0.6) is 11.5 Å². The van der Waals surface area contributed by atoms with E-state index in [9.17, 15) is 9.59 Å². The first-order valence-corrected chi connectivity index (χ1v) is 17.6. The zero-order chi connectivity index (χ0) is 34.6. The molecule has 0 aliphatic rings. The molecule has 5 aromatic carbocycles. The number of carbonyl (C=O) groups is 2. The van der Waals surface area contributed by atoms with Gasteiger partial charge in [-0.25, -0.2) is 0 Å². The van der Waals surface area contributed by atoms with E-state index in [4.69, 9.17) is 18.9 Å². The first-order chi connectivity index (χ1) is 24.7. The Labute approximate surface area is 296 Å². The molecule has 0 aliphatic heterocycles. The van der Waals surface area contributed by atoms with Crippen LogP contribution in [0.4, 0.5) is 0 Å². The third kappa shape index (κ3) is 11.7. The lowest BCUT2D eigenvalue weighted by molar-refractivity contribution is -0.146. The summed E-state index contributed by atoms with van der Waals surface area (Å²) in [6.07, 6.45) is 5.53. The fraction of sp³-hybridized carbons (Fsp3) is 0.273. The quantitative estimate of drug-likeness (QED) is 0.0606. The van der Waals surface area contributed by atoms with Crippen molar-refractivity contribution in [1.82, 2.24) is 0 Å². The predicted molar refractivity (Wildman–Crippen MR) is 198 cm³/mol. The first-order valence-electron chi connectivity index (χ1n) is 17.6. The zero-order valence-electron chi connectivity index (χ0n) is 28.6. The monoisotopic (exact) mass is 670 g/mol. The van der Waals surface area contributed by atoms with Gasteiger partial charge in [-0.05, 0) is 72.4 Å². The third-order valence-electron chi connectivity index (χ3n) is 8.32. The summed E-state index contributed by atoms with van der Waals surface area (Å²) in [5.41, 5.74) is 6.24. The molecule has 0 atom stereocenters. The minimum absolute atomic E-state index is 0.181. The Hall–Kier alpha value is -5.36. The molecule has 50 heavy (non-hydrogen) atoms. The highest BCUT2D eigenvalue weighted by atomic mass is 16.5. The molecule has 0 unspecified atom stereocenters. The minimum Gasteiger partial charge on any atom is -0.490 e. The highest BCUT2D eigenvalue weighted by Crippen LogP contribution is 2.42. The van der Waals surface area contributed by atoms with Crippen molar-refractivity contribution in [1.29, 1.82) is 0 Å². The van der Waals surface area contributed by atoms with Crippen LogP contribution < -0.4 is 9.47 Å². The van der Waals surface area contributed by atoms with Crippen molar-refractivity contribution in [2.24, 2.45) is 0 Å². The lowest BCUT2D eigenvalue weighted by Crippen LogP contribution is -2.06. The van der Waals surface area contributed by atoms with Gasteiger partial charge < -0.3 is 18.9 Å². The largest absolute Gasteiger partial charge is 0.490 e. The van der Waals surface area contributed by atoms with Crippen LogP contribution in [0.15, 0.2) is 133 Å². The molecule has 0 heterocycles.